The van der Waals surface area contributed by atoms with Gasteiger partial charge in [-0.1, -0.05) is 30.3 Å². The second-order valence-corrected chi connectivity index (χ2v) is 5.06. The molecule has 4 nitrogen and oxygen atoms in total. The van der Waals surface area contributed by atoms with Crippen molar-refractivity contribution in [3.05, 3.63) is 35.9 Å². The van der Waals surface area contributed by atoms with E-state index in [1.807, 2.05) is 30.3 Å². The molecule has 0 bridgehead atoms. The minimum atomic E-state index is -0.483. The zero-order valence-electron chi connectivity index (χ0n) is 10.1. The molecule has 0 aromatic heterocycles. The van der Waals surface area contributed by atoms with E-state index in [1.54, 1.807) is 0 Å². The minimum absolute atomic E-state index is 0.00887. The molecule has 2 fully saturated rings. The fourth-order valence-corrected chi connectivity index (χ4v) is 2.97. The van der Waals surface area contributed by atoms with Crippen molar-refractivity contribution in [3.63, 3.8) is 0 Å². The highest BCUT2D eigenvalue weighted by molar-refractivity contribution is 5.16. The minimum Gasteiger partial charge on any atom is -0.396 e. The summed E-state index contributed by atoms with van der Waals surface area (Å²) in [5, 5.41) is 19.2. The summed E-state index contributed by atoms with van der Waals surface area (Å²) in [6, 6.07) is 9.80. The van der Waals surface area contributed by atoms with Gasteiger partial charge in [-0.2, -0.15) is 0 Å². The molecule has 98 valence electrons. The fraction of sp³-hybridized carbons (Fsp3) is 0.571. The van der Waals surface area contributed by atoms with Gasteiger partial charge in [-0.25, -0.2) is 0 Å². The van der Waals surface area contributed by atoms with E-state index in [9.17, 15) is 10.2 Å². The lowest BCUT2D eigenvalue weighted by Crippen LogP contribution is -2.36. The van der Waals surface area contributed by atoms with Crippen LogP contribution in [0.3, 0.4) is 0 Å². The molecular formula is C14H18O4. The quantitative estimate of drug-likeness (QED) is 0.825. The van der Waals surface area contributed by atoms with Crippen molar-refractivity contribution < 1.29 is 19.7 Å². The van der Waals surface area contributed by atoms with Crippen molar-refractivity contribution in [3.8, 4) is 0 Å². The van der Waals surface area contributed by atoms with Crippen molar-refractivity contribution in [2.75, 3.05) is 13.2 Å². The maximum Gasteiger partial charge on any atom is 0.184 e. The molecule has 1 saturated carbocycles. The van der Waals surface area contributed by atoms with Crippen LogP contribution in [0.25, 0.3) is 0 Å². The third-order valence-corrected chi connectivity index (χ3v) is 4.02. The van der Waals surface area contributed by atoms with E-state index in [4.69, 9.17) is 9.47 Å². The molecule has 2 unspecified atom stereocenters. The Balaban J connectivity index is 1.72. The molecular weight excluding hydrogens is 232 g/mol. The van der Waals surface area contributed by atoms with Crippen LogP contribution >= 0.6 is 0 Å². The van der Waals surface area contributed by atoms with Crippen LogP contribution in [-0.2, 0) is 9.47 Å². The first kappa shape index (κ1) is 12.1. The highest BCUT2D eigenvalue weighted by Crippen LogP contribution is 2.41. The van der Waals surface area contributed by atoms with Crippen molar-refractivity contribution in [1.29, 1.82) is 0 Å². The second-order valence-electron chi connectivity index (χ2n) is 5.06. The monoisotopic (exact) mass is 250 g/mol. The van der Waals surface area contributed by atoms with Gasteiger partial charge in [0.05, 0.1) is 18.8 Å². The Labute approximate surface area is 106 Å². The Morgan fingerprint density at radius 2 is 2.00 bits per heavy atom. The zero-order chi connectivity index (χ0) is 12.5. The molecule has 0 radical (unpaired) electrons. The molecule has 1 aliphatic carbocycles. The van der Waals surface area contributed by atoms with E-state index < -0.39 is 6.10 Å². The molecule has 4 heteroatoms. The number of aliphatic hydroxyl groups excluding tert-OH is 2. The predicted octanol–water partition coefficient (Wildman–Crippen LogP) is 1.09. The van der Waals surface area contributed by atoms with Crippen LogP contribution in [0.1, 0.15) is 18.3 Å². The summed E-state index contributed by atoms with van der Waals surface area (Å²) in [6.07, 6.45) is -0.265. The van der Waals surface area contributed by atoms with Crippen LogP contribution in [0.15, 0.2) is 30.3 Å². The lowest BCUT2D eigenvalue weighted by Gasteiger charge is -2.34. The third kappa shape index (κ3) is 2.06. The highest BCUT2D eigenvalue weighted by Gasteiger charge is 2.46. The van der Waals surface area contributed by atoms with Crippen LogP contribution in [0.5, 0.6) is 0 Å². The van der Waals surface area contributed by atoms with Gasteiger partial charge < -0.3 is 19.7 Å². The Kier molecular flexibility index (Phi) is 3.35. The summed E-state index contributed by atoms with van der Waals surface area (Å²) in [7, 11) is 0. The van der Waals surface area contributed by atoms with Crippen molar-refractivity contribution >= 4 is 0 Å². The SMILES string of the molecule is OCC1[C@H](O)C[C@@H]2OC(c3ccccc3)OC[C@@H]12. The fourth-order valence-electron chi connectivity index (χ4n) is 2.97. The van der Waals surface area contributed by atoms with Crippen LogP contribution < -0.4 is 0 Å². The number of hydrogen-bond donors (Lipinski definition) is 2. The van der Waals surface area contributed by atoms with Crippen molar-refractivity contribution in [2.24, 2.45) is 11.8 Å². The van der Waals surface area contributed by atoms with Crippen LogP contribution in [0, 0.1) is 11.8 Å². The first-order valence-electron chi connectivity index (χ1n) is 6.40. The number of aliphatic hydroxyl groups is 2. The van der Waals surface area contributed by atoms with Gasteiger partial charge in [-0.3, -0.25) is 0 Å². The Hall–Kier alpha value is -0.940. The molecule has 5 atom stereocenters. The van der Waals surface area contributed by atoms with E-state index in [1.165, 1.54) is 0 Å². The summed E-state index contributed by atoms with van der Waals surface area (Å²) < 4.78 is 11.6. The largest absolute Gasteiger partial charge is 0.396 e. The summed E-state index contributed by atoms with van der Waals surface area (Å²) in [6.45, 7) is 0.525. The van der Waals surface area contributed by atoms with Gasteiger partial charge in [0.2, 0.25) is 0 Å². The van der Waals surface area contributed by atoms with Gasteiger partial charge in [-0.05, 0) is 0 Å². The Morgan fingerprint density at radius 3 is 2.72 bits per heavy atom. The molecule has 1 saturated heterocycles. The average molecular weight is 250 g/mol. The van der Waals surface area contributed by atoms with Crippen LogP contribution in [0.4, 0.5) is 0 Å². The first-order valence-corrected chi connectivity index (χ1v) is 6.40. The topological polar surface area (TPSA) is 58.9 Å². The molecule has 2 aliphatic rings. The highest BCUT2D eigenvalue weighted by atomic mass is 16.7. The standard InChI is InChI=1S/C14H18O4/c15-7-10-11-8-17-14(9-4-2-1-3-5-9)18-13(11)6-12(10)16/h1-5,10-16H,6-8H2/t10?,11-,12+,13-,14?/m0/s1. The summed E-state index contributed by atoms with van der Waals surface area (Å²) in [5.41, 5.74) is 0.998. The summed E-state index contributed by atoms with van der Waals surface area (Å²) in [4.78, 5) is 0. The van der Waals surface area contributed by atoms with E-state index in [0.29, 0.717) is 13.0 Å². The smallest absolute Gasteiger partial charge is 0.184 e. The molecule has 2 N–H and O–H groups in total. The first-order chi connectivity index (χ1) is 8.79. The van der Waals surface area contributed by atoms with E-state index in [2.05, 4.69) is 0 Å². The van der Waals surface area contributed by atoms with Crippen LogP contribution in [-0.4, -0.2) is 35.6 Å². The lowest BCUT2D eigenvalue weighted by molar-refractivity contribution is -0.239. The molecule has 0 spiro atoms. The number of fused-ring (bicyclic) bond motifs is 1. The normalized spacial score (nSPS) is 39.6. The Bertz CT molecular complexity index is 394. The second kappa shape index (κ2) is 4.97. The maximum atomic E-state index is 9.88. The van der Waals surface area contributed by atoms with Crippen molar-refractivity contribution in [1.82, 2.24) is 0 Å². The number of benzene rings is 1. The van der Waals surface area contributed by atoms with Crippen LogP contribution in [0.2, 0.25) is 0 Å². The number of ether oxygens (including phenoxy) is 2. The van der Waals surface area contributed by atoms with Gasteiger partial charge in [0, 0.05) is 30.4 Å². The van der Waals surface area contributed by atoms with Gasteiger partial charge >= 0.3 is 0 Å². The maximum absolute atomic E-state index is 9.88. The summed E-state index contributed by atoms with van der Waals surface area (Å²) in [5.74, 6) is -0.0170. The van der Waals surface area contributed by atoms with E-state index >= 15 is 0 Å². The molecule has 0 amide bonds. The molecule has 1 aromatic carbocycles. The number of hydrogen-bond acceptors (Lipinski definition) is 4. The van der Waals surface area contributed by atoms with E-state index in [0.717, 1.165) is 5.56 Å². The number of rotatable bonds is 2. The van der Waals surface area contributed by atoms with Gasteiger partial charge in [0.25, 0.3) is 0 Å². The lowest BCUT2D eigenvalue weighted by atomic mass is 9.94. The molecule has 1 aliphatic heterocycles. The van der Waals surface area contributed by atoms with Gasteiger partial charge in [0.1, 0.15) is 0 Å². The molecule has 18 heavy (non-hydrogen) atoms. The van der Waals surface area contributed by atoms with E-state index in [-0.39, 0.29) is 30.8 Å². The molecule has 3 rings (SSSR count). The molecule has 1 aromatic rings. The summed E-state index contributed by atoms with van der Waals surface area (Å²) >= 11 is 0. The zero-order valence-corrected chi connectivity index (χ0v) is 10.1. The third-order valence-electron chi connectivity index (χ3n) is 4.02. The van der Waals surface area contributed by atoms with Gasteiger partial charge in [0.15, 0.2) is 6.29 Å². The Morgan fingerprint density at radius 1 is 1.22 bits per heavy atom. The predicted molar refractivity (Wildman–Crippen MR) is 64.7 cm³/mol. The average Bonchev–Trinajstić information content (AvgIpc) is 2.74. The molecule has 1 heterocycles. The van der Waals surface area contributed by atoms with Crippen molar-refractivity contribution in [2.45, 2.75) is 24.9 Å². The van der Waals surface area contributed by atoms with Gasteiger partial charge in [-0.15, -0.1) is 0 Å².